The van der Waals surface area contributed by atoms with E-state index in [0.29, 0.717) is 18.8 Å². The van der Waals surface area contributed by atoms with Crippen LogP contribution in [0.25, 0.3) is 0 Å². The van der Waals surface area contributed by atoms with E-state index < -0.39 is 11.0 Å². The van der Waals surface area contributed by atoms with Crippen LogP contribution >= 0.6 is 12.4 Å². The molecule has 1 saturated heterocycles. The second-order valence-electron chi connectivity index (χ2n) is 13.3. The molecule has 0 bridgehead atoms. The maximum absolute atomic E-state index is 13.9. The molecule has 2 heterocycles. The van der Waals surface area contributed by atoms with Gasteiger partial charge in [0, 0.05) is 50.1 Å². The smallest absolute Gasteiger partial charge is 0.178 e. The van der Waals surface area contributed by atoms with E-state index in [0.717, 1.165) is 70.5 Å². The van der Waals surface area contributed by atoms with Gasteiger partial charge in [0.1, 0.15) is 17.2 Å². The van der Waals surface area contributed by atoms with Gasteiger partial charge in [0.15, 0.2) is 5.78 Å². The summed E-state index contributed by atoms with van der Waals surface area (Å²) in [4.78, 5) is 36.5. The van der Waals surface area contributed by atoms with Crippen LogP contribution in [0.5, 0.6) is 0 Å². The van der Waals surface area contributed by atoms with E-state index in [1.54, 1.807) is 6.20 Å². The van der Waals surface area contributed by atoms with Crippen LogP contribution < -0.4 is 4.90 Å². The van der Waals surface area contributed by atoms with Crippen molar-refractivity contribution in [3.8, 4) is 0 Å². The fourth-order valence-electron chi connectivity index (χ4n) is 9.52. The molecule has 5 aliphatic rings. The van der Waals surface area contributed by atoms with Crippen molar-refractivity contribution in [1.82, 2.24) is 9.88 Å². The average Bonchev–Trinajstić information content (AvgIpc) is 3.16. The lowest BCUT2D eigenvalue weighted by Crippen LogP contribution is -2.63. The summed E-state index contributed by atoms with van der Waals surface area (Å²) in [6.45, 7) is 7.70. The van der Waals surface area contributed by atoms with E-state index >= 15 is 0 Å². The predicted octanol–water partition coefficient (Wildman–Crippen LogP) is 3.51. The molecule has 8 atom stereocenters. The first-order chi connectivity index (χ1) is 17.7. The number of aromatic nitrogens is 1. The molecule has 0 aromatic carbocycles. The van der Waals surface area contributed by atoms with Crippen molar-refractivity contribution >= 4 is 29.8 Å². The number of nitrogens with zero attached hydrogens (tertiary/aromatic N) is 3. The highest BCUT2D eigenvalue weighted by molar-refractivity contribution is 5.93. The number of Topliss-reactive ketones (excluding diaryl/α,β-unsaturated/α-hetero) is 2. The molecule has 4 saturated carbocycles. The summed E-state index contributed by atoms with van der Waals surface area (Å²) in [5.41, 5.74) is -2.18. The first-order valence-electron chi connectivity index (χ1n) is 14.5. The maximum atomic E-state index is 13.9. The predicted molar refractivity (Wildman–Crippen MR) is 148 cm³/mol. The van der Waals surface area contributed by atoms with Crippen LogP contribution in [0.3, 0.4) is 0 Å². The second kappa shape index (κ2) is 10.1. The van der Waals surface area contributed by atoms with Gasteiger partial charge in [0.25, 0.3) is 0 Å². The molecule has 5 fully saturated rings. The van der Waals surface area contributed by atoms with E-state index in [4.69, 9.17) is 0 Å². The zero-order valence-electron chi connectivity index (χ0n) is 22.8. The zero-order chi connectivity index (χ0) is 26.0. The molecule has 2 N–H and O–H groups in total. The van der Waals surface area contributed by atoms with Gasteiger partial charge in [-0.05, 0) is 80.2 Å². The molecule has 210 valence electrons. The van der Waals surface area contributed by atoms with Crippen LogP contribution in [0.2, 0.25) is 0 Å². The number of hydrogen-bond acceptors (Lipinski definition) is 7. The Bertz CT molecular complexity index is 1050. The summed E-state index contributed by atoms with van der Waals surface area (Å²) >= 11 is 0. The number of rotatable bonds is 4. The Morgan fingerprint density at radius 2 is 1.84 bits per heavy atom. The number of halogens is 1. The van der Waals surface area contributed by atoms with Crippen LogP contribution in [0.15, 0.2) is 24.4 Å². The van der Waals surface area contributed by atoms with Crippen molar-refractivity contribution in [2.24, 2.45) is 34.5 Å². The van der Waals surface area contributed by atoms with Crippen molar-refractivity contribution in [3.63, 3.8) is 0 Å². The van der Waals surface area contributed by atoms with E-state index in [-0.39, 0.29) is 59.8 Å². The zero-order valence-corrected chi connectivity index (χ0v) is 23.7. The van der Waals surface area contributed by atoms with Gasteiger partial charge in [-0.3, -0.25) is 14.5 Å². The average molecular weight is 546 g/mol. The Hall–Kier alpha value is -1.54. The summed E-state index contributed by atoms with van der Waals surface area (Å²) in [6.07, 6.45) is 7.68. The molecule has 8 heteroatoms. The topological polar surface area (TPSA) is 94.0 Å². The van der Waals surface area contributed by atoms with Gasteiger partial charge in [-0.1, -0.05) is 19.9 Å². The molecule has 38 heavy (non-hydrogen) atoms. The van der Waals surface area contributed by atoms with E-state index in [1.165, 1.54) is 0 Å². The number of carbonyl (C=O) groups is 2. The van der Waals surface area contributed by atoms with E-state index in [1.807, 2.05) is 25.1 Å². The van der Waals surface area contributed by atoms with Gasteiger partial charge in [0.2, 0.25) is 0 Å². The number of ketones is 2. The third-order valence-electron chi connectivity index (χ3n) is 11.7. The van der Waals surface area contributed by atoms with Crippen molar-refractivity contribution in [2.75, 3.05) is 37.6 Å². The SMILES string of the molecule is C[C@]12CCC(O)CC1CC[C@@H]1[C@@H]2C(=O)C[C@@]2(C)[C@H]1CC[C@]2(O)C(=O)CN1CCN(c2ccccn2)CC1.Cl. The molecule has 1 aliphatic heterocycles. The van der Waals surface area contributed by atoms with Gasteiger partial charge in [0.05, 0.1) is 12.6 Å². The normalized spacial score (nSPS) is 43.0. The molecule has 2 unspecified atom stereocenters. The summed E-state index contributed by atoms with van der Waals surface area (Å²) in [6, 6.07) is 5.92. The van der Waals surface area contributed by atoms with Gasteiger partial charge in [-0.2, -0.15) is 0 Å². The Balaban J connectivity index is 0.00000294. The monoisotopic (exact) mass is 545 g/mol. The fourth-order valence-corrected chi connectivity index (χ4v) is 9.52. The second-order valence-corrected chi connectivity index (χ2v) is 13.3. The first-order valence-corrected chi connectivity index (χ1v) is 14.5. The number of aliphatic hydroxyl groups excluding tert-OH is 1. The quantitative estimate of drug-likeness (QED) is 0.598. The van der Waals surface area contributed by atoms with Gasteiger partial charge in [-0.25, -0.2) is 4.98 Å². The highest BCUT2D eigenvalue weighted by Gasteiger charge is 2.69. The molecule has 1 aromatic heterocycles. The van der Waals surface area contributed by atoms with Gasteiger partial charge >= 0.3 is 0 Å². The molecule has 6 rings (SSSR count). The Labute approximate surface area is 232 Å². The van der Waals surface area contributed by atoms with Crippen LogP contribution in [-0.4, -0.2) is 76.1 Å². The standard InChI is InChI=1S/C30H43N3O4.ClH/c1-28-10-8-21(34)17-20(28)6-7-22-23-9-11-30(37,29(23,2)18-24(35)27(22)28)25(36)19-32-13-15-33(16-14-32)26-5-3-4-12-31-26;/h3-5,12,20-23,27,34,37H,6-11,13-19H2,1-2H3;1H/t20?,21?,22-,23-,27+,28-,29-,30-;/m0./s1. The third-order valence-corrected chi connectivity index (χ3v) is 11.7. The number of hydrogen-bond donors (Lipinski definition) is 2. The third kappa shape index (κ3) is 4.23. The summed E-state index contributed by atoms with van der Waals surface area (Å²) in [5.74, 6) is 1.97. The highest BCUT2D eigenvalue weighted by Crippen LogP contribution is 2.67. The van der Waals surface area contributed by atoms with Crippen LogP contribution in [0.1, 0.15) is 65.2 Å². The highest BCUT2D eigenvalue weighted by atomic mass is 35.5. The van der Waals surface area contributed by atoms with Crippen molar-refractivity contribution in [1.29, 1.82) is 0 Å². The van der Waals surface area contributed by atoms with Gasteiger partial charge in [-0.15, -0.1) is 12.4 Å². The minimum Gasteiger partial charge on any atom is -0.393 e. The van der Waals surface area contributed by atoms with Crippen molar-refractivity contribution in [2.45, 2.75) is 76.9 Å². The molecule has 0 spiro atoms. The summed E-state index contributed by atoms with van der Waals surface area (Å²) in [7, 11) is 0. The number of aliphatic hydroxyl groups is 2. The minimum atomic E-state index is -1.43. The fraction of sp³-hybridized carbons (Fsp3) is 0.767. The number of pyridine rings is 1. The number of carbonyl (C=O) groups excluding carboxylic acids is 2. The minimum absolute atomic E-state index is 0. The largest absolute Gasteiger partial charge is 0.393 e. The number of anilines is 1. The summed E-state index contributed by atoms with van der Waals surface area (Å²) < 4.78 is 0. The molecule has 7 nitrogen and oxygen atoms in total. The molecule has 0 radical (unpaired) electrons. The summed E-state index contributed by atoms with van der Waals surface area (Å²) in [5, 5.41) is 22.3. The van der Waals surface area contributed by atoms with Crippen LogP contribution in [0, 0.1) is 34.5 Å². The van der Waals surface area contributed by atoms with E-state index in [2.05, 4.69) is 21.7 Å². The molecular weight excluding hydrogens is 502 g/mol. The maximum Gasteiger partial charge on any atom is 0.178 e. The molecule has 4 aliphatic carbocycles. The van der Waals surface area contributed by atoms with Crippen molar-refractivity contribution in [3.05, 3.63) is 24.4 Å². The lowest BCUT2D eigenvalue weighted by Gasteiger charge is -2.60. The number of fused-ring (bicyclic) bond motifs is 5. The Morgan fingerprint density at radius 3 is 2.55 bits per heavy atom. The lowest BCUT2D eigenvalue weighted by atomic mass is 9.44. The molecule has 0 amide bonds. The lowest BCUT2D eigenvalue weighted by molar-refractivity contribution is -0.179. The number of piperazine rings is 1. The Morgan fingerprint density at radius 1 is 1.08 bits per heavy atom. The molecular formula is C30H44ClN3O4. The Kier molecular flexibility index (Phi) is 7.47. The van der Waals surface area contributed by atoms with E-state index in [9.17, 15) is 19.8 Å². The van der Waals surface area contributed by atoms with Crippen LogP contribution in [-0.2, 0) is 9.59 Å². The van der Waals surface area contributed by atoms with Crippen LogP contribution in [0.4, 0.5) is 5.82 Å². The molecule has 1 aromatic rings. The van der Waals surface area contributed by atoms with Gasteiger partial charge < -0.3 is 15.1 Å². The first kappa shape index (κ1) is 28.0. The van der Waals surface area contributed by atoms with Crippen molar-refractivity contribution < 1.29 is 19.8 Å².